The molecule has 0 bridgehead atoms. The van der Waals surface area contributed by atoms with Crippen molar-refractivity contribution in [2.45, 2.75) is 142 Å². The molecule has 2 amide bonds. The molecule has 0 aliphatic carbocycles. The van der Waals surface area contributed by atoms with Crippen LogP contribution in [0.5, 0.6) is 0 Å². The number of unbranched alkanes of at least 4 members (excludes halogenated alkanes) is 18. The molecule has 1 aliphatic rings. The number of amides is 2. The number of nitrogens with zero attached hydrogens (tertiary/aromatic N) is 2. The first kappa shape index (κ1) is 33.6. The second kappa shape index (κ2) is 23.1. The Hall–Kier alpha value is -0.360. The summed E-state index contributed by atoms with van der Waals surface area (Å²) < 4.78 is 0. The van der Waals surface area contributed by atoms with Crippen molar-refractivity contribution in [3.8, 4) is 0 Å². The maximum absolute atomic E-state index is 12.7. The molecule has 6 heteroatoms. The maximum Gasteiger partial charge on any atom is 1.00 e. The van der Waals surface area contributed by atoms with Crippen molar-refractivity contribution >= 4 is 24.4 Å². The molecule has 0 spiro atoms. The van der Waals surface area contributed by atoms with E-state index in [2.05, 4.69) is 13.8 Å². The largest absolute Gasteiger partial charge is 1.00 e. The molecule has 1 rings (SSSR count). The van der Waals surface area contributed by atoms with E-state index in [1.165, 1.54) is 108 Å². The Morgan fingerprint density at radius 1 is 0.529 bits per heavy atom. The summed E-state index contributed by atoms with van der Waals surface area (Å²) in [6.45, 7) is 5.77. The summed E-state index contributed by atoms with van der Waals surface area (Å²) in [6.07, 6.45) is 25.2. The summed E-state index contributed by atoms with van der Waals surface area (Å²) in [5, 5.41) is 4.60. The number of hydrazine groups is 1. The van der Waals surface area contributed by atoms with Crippen molar-refractivity contribution in [3.63, 3.8) is 0 Å². The predicted octanol–water partition coefficient (Wildman–Crippen LogP) is 7.84. The zero-order valence-corrected chi connectivity index (χ0v) is 25.0. The molecule has 1 fully saturated rings. The van der Waals surface area contributed by atoms with Crippen LogP contribution in [-0.4, -0.2) is 34.9 Å². The smallest absolute Gasteiger partial charge is 0.786 e. The number of hydrogen-bond donors (Lipinski definition) is 0. The zero-order valence-electron chi connectivity index (χ0n) is 22.1. The van der Waals surface area contributed by atoms with E-state index in [-0.39, 0.29) is 39.8 Å². The van der Waals surface area contributed by atoms with Gasteiger partial charge in [-0.3, -0.25) is 9.59 Å². The molecule has 34 heavy (non-hydrogen) atoms. The summed E-state index contributed by atoms with van der Waals surface area (Å²) in [4.78, 5) is 25.3. The van der Waals surface area contributed by atoms with Crippen LogP contribution in [0.4, 0.5) is 0 Å². The van der Waals surface area contributed by atoms with E-state index in [4.69, 9.17) is 12.6 Å². The van der Waals surface area contributed by atoms with Crippen LogP contribution in [0.3, 0.4) is 0 Å². The van der Waals surface area contributed by atoms with Gasteiger partial charge in [0.1, 0.15) is 0 Å². The van der Waals surface area contributed by atoms with E-state index < -0.39 is 0 Å². The van der Waals surface area contributed by atoms with Crippen LogP contribution in [0.1, 0.15) is 142 Å². The first-order chi connectivity index (χ1) is 16.2. The van der Waals surface area contributed by atoms with Gasteiger partial charge in [0.15, 0.2) is 0 Å². The SMILES string of the molecule is CCCCCCCCCCCCN1C(=O)C(=C[S-])C(=O)N1CCCCCCCCCCCC.[Au+]. The number of hydrogen-bond acceptors (Lipinski definition) is 3. The molecule has 0 saturated carbocycles. The van der Waals surface area contributed by atoms with Crippen molar-refractivity contribution < 1.29 is 32.0 Å². The number of carbonyl (C=O) groups is 2. The van der Waals surface area contributed by atoms with Gasteiger partial charge in [-0.2, -0.15) is 5.41 Å². The average Bonchev–Trinajstić information content (AvgIpc) is 3.04. The van der Waals surface area contributed by atoms with E-state index in [0.717, 1.165) is 25.7 Å². The van der Waals surface area contributed by atoms with Crippen molar-refractivity contribution in [1.29, 1.82) is 0 Å². The van der Waals surface area contributed by atoms with Crippen molar-refractivity contribution in [3.05, 3.63) is 11.0 Å². The summed E-state index contributed by atoms with van der Waals surface area (Å²) in [7, 11) is 0. The second-order valence-corrected chi connectivity index (χ2v) is 9.99. The van der Waals surface area contributed by atoms with Crippen molar-refractivity contribution in [2.75, 3.05) is 13.1 Å². The van der Waals surface area contributed by atoms with E-state index in [9.17, 15) is 9.59 Å². The molecular weight excluding hydrogens is 625 g/mol. The summed E-state index contributed by atoms with van der Waals surface area (Å²) >= 11 is 4.96. The fourth-order valence-electron chi connectivity index (χ4n) is 4.63. The molecule has 0 radical (unpaired) electrons. The molecule has 0 N–H and O–H groups in total. The standard InChI is InChI=1S/C28H52N2O2S.Au/c1-3-5-7-9-11-13-15-17-19-21-23-29-27(31)26(25-33)28(32)30(29)24-22-20-18-16-14-12-10-8-6-4-2;/h25,33H,3-24H2,1-2H3;/q;+1/p-1. The second-order valence-electron chi connectivity index (χ2n) is 9.75. The Morgan fingerprint density at radius 3 is 1.06 bits per heavy atom. The molecule has 4 nitrogen and oxygen atoms in total. The third kappa shape index (κ3) is 14.3. The third-order valence-corrected chi connectivity index (χ3v) is 7.02. The van der Waals surface area contributed by atoms with Gasteiger partial charge < -0.3 is 12.6 Å². The zero-order chi connectivity index (χ0) is 24.2. The molecule has 1 heterocycles. The molecule has 0 unspecified atom stereocenters. The van der Waals surface area contributed by atoms with Gasteiger partial charge in [-0.25, -0.2) is 10.0 Å². The van der Waals surface area contributed by atoms with Crippen LogP contribution >= 0.6 is 0 Å². The normalized spacial score (nSPS) is 13.6. The van der Waals surface area contributed by atoms with Crippen LogP contribution in [0.15, 0.2) is 11.0 Å². The van der Waals surface area contributed by atoms with Gasteiger partial charge >= 0.3 is 22.4 Å². The van der Waals surface area contributed by atoms with Crippen LogP contribution in [0, 0.1) is 0 Å². The van der Waals surface area contributed by atoms with E-state index in [1.54, 1.807) is 10.0 Å². The van der Waals surface area contributed by atoms with Crippen molar-refractivity contribution in [1.82, 2.24) is 10.0 Å². The van der Waals surface area contributed by atoms with E-state index in [0.29, 0.717) is 13.1 Å². The summed E-state index contributed by atoms with van der Waals surface area (Å²) in [6, 6.07) is 0. The minimum absolute atomic E-state index is 0. The Labute approximate surface area is 231 Å². The van der Waals surface area contributed by atoms with E-state index >= 15 is 0 Å². The average molecular weight is 677 g/mol. The van der Waals surface area contributed by atoms with Gasteiger partial charge in [-0.1, -0.05) is 129 Å². The predicted molar refractivity (Wildman–Crippen MR) is 143 cm³/mol. The monoisotopic (exact) mass is 676 g/mol. The van der Waals surface area contributed by atoms with Crippen LogP contribution in [0.25, 0.3) is 0 Å². The van der Waals surface area contributed by atoms with Gasteiger partial charge in [0, 0.05) is 13.1 Å². The van der Waals surface area contributed by atoms with Gasteiger partial charge in [-0.15, -0.1) is 0 Å². The first-order valence-corrected chi connectivity index (χ1v) is 14.6. The van der Waals surface area contributed by atoms with Crippen LogP contribution in [0.2, 0.25) is 0 Å². The molecule has 0 atom stereocenters. The third-order valence-electron chi connectivity index (χ3n) is 6.79. The van der Waals surface area contributed by atoms with Gasteiger partial charge in [0.05, 0.1) is 5.57 Å². The van der Waals surface area contributed by atoms with Crippen LogP contribution in [-0.2, 0) is 44.6 Å². The fraction of sp³-hybridized carbons (Fsp3) is 0.857. The topological polar surface area (TPSA) is 40.6 Å². The Morgan fingerprint density at radius 2 is 0.794 bits per heavy atom. The number of carbonyl (C=O) groups excluding carboxylic acids is 2. The van der Waals surface area contributed by atoms with Gasteiger partial charge in [0.2, 0.25) is 0 Å². The first-order valence-electron chi connectivity index (χ1n) is 14.1. The Kier molecular flexibility index (Phi) is 22.8. The molecule has 202 valence electrons. The maximum atomic E-state index is 12.7. The number of rotatable bonds is 22. The van der Waals surface area contributed by atoms with Gasteiger partial charge in [0.25, 0.3) is 11.8 Å². The molecule has 0 aromatic carbocycles. The minimum atomic E-state index is -0.196. The summed E-state index contributed by atoms with van der Waals surface area (Å²) in [5.41, 5.74) is 0.171. The van der Waals surface area contributed by atoms with Gasteiger partial charge in [-0.05, 0) is 12.8 Å². The molecule has 1 aliphatic heterocycles. The van der Waals surface area contributed by atoms with Crippen LogP contribution < -0.4 is 0 Å². The molecule has 1 saturated heterocycles. The Bertz CT molecular complexity index is 513. The summed E-state index contributed by atoms with van der Waals surface area (Å²) in [5.74, 6) is -0.393. The van der Waals surface area contributed by atoms with Crippen molar-refractivity contribution in [2.24, 2.45) is 0 Å². The molecule has 0 aromatic rings. The van der Waals surface area contributed by atoms with E-state index in [1.807, 2.05) is 0 Å². The fourth-order valence-corrected chi connectivity index (χ4v) is 4.83. The molecular formula is C28H51AuN2O2S. The Balaban J connectivity index is 0.0000109. The quantitative estimate of drug-likeness (QED) is 0.0386. The molecule has 0 aromatic heterocycles. The minimum Gasteiger partial charge on any atom is -0.786 e.